The van der Waals surface area contributed by atoms with E-state index in [9.17, 15) is 0 Å². The van der Waals surface area contributed by atoms with Crippen molar-refractivity contribution in [1.29, 1.82) is 0 Å². The molecule has 0 aromatic heterocycles. The Hall–Kier alpha value is -1.61. The van der Waals surface area contributed by atoms with Gasteiger partial charge in [-0.3, -0.25) is 0 Å². The van der Waals surface area contributed by atoms with Crippen molar-refractivity contribution in [3.63, 3.8) is 0 Å². The van der Waals surface area contributed by atoms with Crippen LogP contribution < -0.4 is 11.1 Å². The minimum Gasteiger partial charge on any atom is -0.397 e. The molecule has 0 spiro atoms. The summed E-state index contributed by atoms with van der Waals surface area (Å²) in [5.74, 6) is 1.11. The smallest absolute Gasteiger partial charge is 0.0576 e. The van der Waals surface area contributed by atoms with Gasteiger partial charge in [-0.1, -0.05) is 31.2 Å². The first kappa shape index (κ1) is 12.8. The molecule has 0 atom stereocenters. The zero-order valence-electron chi connectivity index (χ0n) is 10.5. The maximum absolute atomic E-state index is 5.88. The van der Waals surface area contributed by atoms with E-state index >= 15 is 0 Å². The Bertz CT molecular complexity index is 494. The third-order valence-corrected chi connectivity index (χ3v) is 3.57. The van der Waals surface area contributed by atoms with Crippen molar-refractivity contribution in [2.24, 2.45) is 0 Å². The highest BCUT2D eigenvalue weighted by Crippen LogP contribution is 2.20. The fourth-order valence-corrected chi connectivity index (χ4v) is 2.39. The Balaban J connectivity index is 1.96. The second-order valence-corrected chi connectivity index (χ2v) is 5.36. The van der Waals surface area contributed by atoms with Crippen LogP contribution in [0, 0.1) is 0 Å². The highest BCUT2D eigenvalue weighted by molar-refractivity contribution is 7.99. The van der Waals surface area contributed by atoms with Gasteiger partial charge in [-0.2, -0.15) is 0 Å². The fourth-order valence-electron chi connectivity index (χ4n) is 1.73. The zero-order valence-corrected chi connectivity index (χ0v) is 11.3. The van der Waals surface area contributed by atoms with Crippen LogP contribution in [0.3, 0.4) is 0 Å². The van der Waals surface area contributed by atoms with Crippen LogP contribution in [0.15, 0.2) is 53.4 Å². The van der Waals surface area contributed by atoms with E-state index in [-0.39, 0.29) is 0 Å². The molecule has 3 heteroatoms. The molecule has 0 amide bonds. The average molecular weight is 258 g/mol. The molecule has 0 saturated carbocycles. The molecule has 0 aliphatic heterocycles. The summed E-state index contributed by atoms with van der Waals surface area (Å²) in [7, 11) is 0. The number of rotatable bonds is 5. The van der Waals surface area contributed by atoms with Crippen molar-refractivity contribution in [3.05, 3.63) is 54.1 Å². The van der Waals surface area contributed by atoms with Crippen LogP contribution in [0.5, 0.6) is 0 Å². The molecule has 94 valence electrons. The van der Waals surface area contributed by atoms with E-state index in [2.05, 4.69) is 36.5 Å². The van der Waals surface area contributed by atoms with E-state index in [4.69, 9.17) is 5.73 Å². The first-order valence-electron chi connectivity index (χ1n) is 6.09. The molecule has 0 bridgehead atoms. The Morgan fingerprint density at radius 2 is 1.78 bits per heavy atom. The van der Waals surface area contributed by atoms with Gasteiger partial charge in [0.2, 0.25) is 0 Å². The summed E-state index contributed by atoms with van der Waals surface area (Å²) in [6, 6.07) is 16.5. The van der Waals surface area contributed by atoms with Crippen molar-refractivity contribution in [2.45, 2.75) is 18.4 Å². The van der Waals surface area contributed by atoms with Gasteiger partial charge >= 0.3 is 0 Å². The number of para-hydroxylation sites is 2. The molecule has 0 heterocycles. The first-order chi connectivity index (χ1) is 8.79. The minimum atomic E-state index is 0.788. The molecule has 2 rings (SSSR count). The van der Waals surface area contributed by atoms with Gasteiger partial charge in [0, 0.05) is 11.4 Å². The lowest BCUT2D eigenvalue weighted by Crippen LogP contribution is -2.01. The van der Waals surface area contributed by atoms with Crippen LogP contribution in [-0.4, -0.2) is 5.75 Å². The summed E-state index contributed by atoms with van der Waals surface area (Å²) in [6.45, 7) is 2.96. The highest BCUT2D eigenvalue weighted by Gasteiger charge is 1.98. The average Bonchev–Trinajstić information content (AvgIpc) is 2.40. The molecule has 0 saturated heterocycles. The van der Waals surface area contributed by atoms with Crippen LogP contribution in [-0.2, 0) is 6.54 Å². The number of benzene rings is 2. The quantitative estimate of drug-likeness (QED) is 0.629. The van der Waals surface area contributed by atoms with E-state index in [0.717, 1.165) is 23.7 Å². The number of nitrogens with two attached hydrogens (primary N) is 1. The van der Waals surface area contributed by atoms with Crippen molar-refractivity contribution < 1.29 is 0 Å². The van der Waals surface area contributed by atoms with Gasteiger partial charge in [-0.25, -0.2) is 0 Å². The summed E-state index contributed by atoms with van der Waals surface area (Å²) in [4.78, 5) is 1.32. The van der Waals surface area contributed by atoms with E-state index in [1.54, 1.807) is 0 Å². The number of nitrogen functional groups attached to an aromatic ring is 1. The summed E-state index contributed by atoms with van der Waals surface area (Å²) >= 11 is 1.86. The molecule has 2 aromatic rings. The van der Waals surface area contributed by atoms with Gasteiger partial charge in [-0.05, 0) is 35.6 Å². The Labute approximate surface area is 113 Å². The first-order valence-corrected chi connectivity index (χ1v) is 7.08. The minimum absolute atomic E-state index is 0.788. The topological polar surface area (TPSA) is 38.0 Å². The Kier molecular flexibility index (Phi) is 4.53. The molecule has 0 radical (unpaired) electrons. The normalized spacial score (nSPS) is 10.3. The molecule has 0 fully saturated rings. The monoisotopic (exact) mass is 258 g/mol. The molecule has 0 aliphatic carbocycles. The molecule has 18 heavy (non-hydrogen) atoms. The predicted octanol–water partition coefficient (Wildman–Crippen LogP) is 3.99. The Morgan fingerprint density at radius 3 is 2.44 bits per heavy atom. The third-order valence-electron chi connectivity index (χ3n) is 2.68. The highest BCUT2D eigenvalue weighted by atomic mass is 32.2. The largest absolute Gasteiger partial charge is 0.397 e. The molecule has 2 aromatic carbocycles. The number of anilines is 2. The molecule has 3 N–H and O–H groups in total. The molecular formula is C15H18N2S. The lowest BCUT2D eigenvalue weighted by atomic mass is 10.2. The molecular weight excluding hydrogens is 240 g/mol. The maximum Gasteiger partial charge on any atom is 0.0576 e. The maximum atomic E-state index is 5.88. The van der Waals surface area contributed by atoms with Crippen molar-refractivity contribution in [2.75, 3.05) is 16.8 Å². The lowest BCUT2D eigenvalue weighted by Gasteiger charge is -2.09. The standard InChI is InChI=1S/C15H18N2S/c1-2-18-13-9-7-12(8-10-13)11-17-15-6-4-3-5-14(15)16/h3-10,17H,2,11,16H2,1H3. The second kappa shape index (κ2) is 6.36. The van der Waals surface area contributed by atoms with Gasteiger partial charge in [-0.15, -0.1) is 11.8 Å². The van der Waals surface area contributed by atoms with Crippen molar-refractivity contribution >= 4 is 23.1 Å². The van der Waals surface area contributed by atoms with Crippen LogP contribution in [0.25, 0.3) is 0 Å². The third kappa shape index (κ3) is 3.44. The van der Waals surface area contributed by atoms with Crippen molar-refractivity contribution in [1.82, 2.24) is 0 Å². The summed E-state index contributed by atoms with van der Waals surface area (Å²) in [6.07, 6.45) is 0. The van der Waals surface area contributed by atoms with E-state index in [1.165, 1.54) is 10.5 Å². The fraction of sp³-hybridized carbons (Fsp3) is 0.200. The van der Waals surface area contributed by atoms with Gasteiger partial charge in [0.15, 0.2) is 0 Å². The lowest BCUT2D eigenvalue weighted by molar-refractivity contribution is 1.14. The van der Waals surface area contributed by atoms with Gasteiger partial charge in [0.1, 0.15) is 0 Å². The van der Waals surface area contributed by atoms with E-state index < -0.39 is 0 Å². The van der Waals surface area contributed by atoms with Gasteiger partial charge < -0.3 is 11.1 Å². The van der Waals surface area contributed by atoms with Gasteiger partial charge in [0.25, 0.3) is 0 Å². The van der Waals surface area contributed by atoms with Crippen molar-refractivity contribution in [3.8, 4) is 0 Å². The molecule has 2 nitrogen and oxygen atoms in total. The number of hydrogen-bond donors (Lipinski definition) is 2. The van der Waals surface area contributed by atoms with E-state index in [0.29, 0.717) is 0 Å². The van der Waals surface area contributed by atoms with Crippen LogP contribution in [0.4, 0.5) is 11.4 Å². The summed E-state index contributed by atoms with van der Waals surface area (Å²) in [5, 5.41) is 3.35. The van der Waals surface area contributed by atoms with E-state index in [1.807, 2.05) is 36.0 Å². The summed E-state index contributed by atoms with van der Waals surface area (Å²) in [5.41, 5.74) is 8.92. The number of nitrogens with one attached hydrogen (secondary N) is 1. The number of thioether (sulfide) groups is 1. The van der Waals surface area contributed by atoms with Crippen LogP contribution in [0.1, 0.15) is 12.5 Å². The van der Waals surface area contributed by atoms with Gasteiger partial charge in [0.05, 0.1) is 11.4 Å². The van der Waals surface area contributed by atoms with Crippen LogP contribution in [0.2, 0.25) is 0 Å². The predicted molar refractivity (Wildman–Crippen MR) is 81.0 cm³/mol. The number of hydrogen-bond acceptors (Lipinski definition) is 3. The Morgan fingerprint density at radius 1 is 1.06 bits per heavy atom. The molecule has 0 unspecified atom stereocenters. The SMILES string of the molecule is CCSc1ccc(CNc2ccccc2N)cc1. The zero-order chi connectivity index (χ0) is 12.8. The second-order valence-electron chi connectivity index (χ2n) is 4.02. The van der Waals surface area contributed by atoms with Crippen LogP contribution >= 0.6 is 11.8 Å². The molecule has 0 aliphatic rings. The summed E-state index contributed by atoms with van der Waals surface area (Å²) < 4.78 is 0.